The number of nitrogens with zero attached hydrogens (tertiary/aromatic N) is 1. The quantitative estimate of drug-likeness (QED) is 0.671. The first-order valence-corrected chi connectivity index (χ1v) is 9.45. The first-order chi connectivity index (χ1) is 13.5. The molecule has 6 nitrogen and oxygen atoms in total. The van der Waals surface area contributed by atoms with E-state index >= 15 is 0 Å². The van der Waals surface area contributed by atoms with Crippen molar-refractivity contribution in [1.82, 2.24) is 5.32 Å². The smallest absolute Gasteiger partial charge is 0.338 e. The van der Waals surface area contributed by atoms with E-state index in [0.29, 0.717) is 17.9 Å². The van der Waals surface area contributed by atoms with Crippen LogP contribution in [0.3, 0.4) is 0 Å². The van der Waals surface area contributed by atoms with Crippen molar-refractivity contribution in [2.24, 2.45) is 0 Å². The van der Waals surface area contributed by atoms with E-state index in [2.05, 4.69) is 24.1 Å². The van der Waals surface area contributed by atoms with Crippen LogP contribution in [0.2, 0.25) is 0 Å². The zero-order chi connectivity index (χ0) is 20.5. The van der Waals surface area contributed by atoms with Gasteiger partial charge in [-0.1, -0.05) is 18.2 Å². The molecule has 28 heavy (non-hydrogen) atoms. The van der Waals surface area contributed by atoms with E-state index in [4.69, 9.17) is 9.47 Å². The topological polar surface area (TPSA) is 67.9 Å². The van der Waals surface area contributed by atoms with Crippen LogP contribution in [-0.2, 0) is 16.1 Å². The largest absolute Gasteiger partial charge is 0.496 e. The van der Waals surface area contributed by atoms with Crippen LogP contribution in [0.5, 0.6) is 5.75 Å². The highest BCUT2D eigenvalue weighted by Crippen LogP contribution is 2.17. The predicted octanol–water partition coefficient (Wildman–Crippen LogP) is 3.40. The fourth-order valence-corrected chi connectivity index (χ4v) is 2.85. The molecular weight excluding hydrogens is 356 g/mol. The number of carbonyl (C=O) groups excluding carboxylic acids is 2. The second-order valence-electron chi connectivity index (χ2n) is 6.30. The molecule has 0 heterocycles. The van der Waals surface area contributed by atoms with Gasteiger partial charge in [0.15, 0.2) is 6.10 Å². The van der Waals surface area contributed by atoms with Crippen molar-refractivity contribution in [2.75, 3.05) is 25.1 Å². The number of anilines is 1. The number of para-hydroxylation sites is 1. The van der Waals surface area contributed by atoms with Crippen LogP contribution in [0.25, 0.3) is 0 Å². The Kier molecular flexibility index (Phi) is 7.87. The molecule has 0 saturated carbocycles. The van der Waals surface area contributed by atoms with Gasteiger partial charge in [0.1, 0.15) is 5.75 Å². The lowest BCUT2D eigenvalue weighted by Gasteiger charge is -2.21. The van der Waals surface area contributed by atoms with E-state index in [9.17, 15) is 9.59 Å². The van der Waals surface area contributed by atoms with Gasteiger partial charge in [-0.25, -0.2) is 4.79 Å². The molecule has 150 valence electrons. The molecule has 0 radical (unpaired) electrons. The van der Waals surface area contributed by atoms with E-state index in [1.54, 1.807) is 26.2 Å². The maximum atomic E-state index is 12.3. The fraction of sp³-hybridized carbons (Fsp3) is 0.364. The highest BCUT2D eigenvalue weighted by molar-refractivity contribution is 5.92. The molecule has 1 amide bonds. The van der Waals surface area contributed by atoms with Gasteiger partial charge in [0.25, 0.3) is 5.91 Å². The van der Waals surface area contributed by atoms with E-state index in [0.717, 1.165) is 24.3 Å². The number of nitrogens with one attached hydrogen (secondary N) is 1. The minimum absolute atomic E-state index is 0.295. The Morgan fingerprint density at radius 2 is 1.68 bits per heavy atom. The second kappa shape index (κ2) is 10.3. The molecule has 0 aliphatic rings. The van der Waals surface area contributed by atoms with E-state index in [-0.39, 0.29) is 5.91 Å². The van der Waals surface area contributed by atoms with E-state index in [1.807, 2.05) is 36.4 Å². The molecule has 1 unspecified atom stereocenters. The van der Waals surface area contributed by atoms with Crippen LogP contribution >= 0.6 is 0 Å². The van der Waals surface area contributed by atoms with Gasteiger partial charge in [-0.05, 0) is 51.1 Å². The van der Waals surface area contributed by atoms with Gasteiger partial charge >= 0.3 is 5.97 Å². The second-order valence-corrected chi connectivity index (χ2v) is 6.30. The normalized spacial score (nSPS) is 11.4. The summed E-state index contributed by atoms with van der Waals surface area (Å²) in [5.41, 5.74) is 2.31. The predicted molar refractivity (Wildman–Crippen MR) is 110 cm³/mol. The standard InChI is InChI=1S/C22H28N2O4/c1-5-24(6-2)19-13-11-17(12-14-19)22(26)28-16(3)21(25)23-15-18-9-7-8-10-20(18)27-4/h7-14,16H,5-6,15H2,1-4H3,(H,23,25). The molecule has 0 fully saturated rings. The molecule has 0 aliphatic carbocycles. The van der Waals surface area contributed by atoms with Crippen LogP contribution < -0.4 is 15.0 Å². The number of amides is 1. The average molecular weight is 384 g/mol. The lowest BCUT2D eigenvalue weighted by atomic mass is 10.2. The number of esters is 1. The molecule has 1 N–H and O–H groups in total. The highest BCUT2D eigenvalue weighted by atomic mass is 16.5. The summed E-state index contributed by atoms with van der Waals surface area (Å²) < 4.78 is 10.6. The Morgan fingerprint density at radius 1 is 1.04 bits per heavy atom. The van der Waals surface area contributed by atoms with E-state index < -0.39 is 12.1 Å². The minimum Gasteiger partial charge on any atom is -0.496 e. The zero-order valence-corrected chi connectivity index (χ0v) is 16.9. The van der Waals surface area contributed by atoms with Gasteiger partial charge in [0.05, 0.1) is 12.7 Å². The number of ether oxygens (including phenoxy) is 2. The Morgan fingerprint density at radius 3 is 2.29 bits per heavy atom. The summed E-state index contributed by atoms with van der Waals surface area (Å²) in [6, 6.07) is 14.6. The van der Waals surface area contributed by atoms with Gasteiger partial charge in [-0.2, -0.15) is 0 Å². The SMILES string of the molecule is CCN(CC)c1ccc(C(=O)OC(C)C(=O)NCc2ccccc2OC)cc1. The van der Waals surface area contributed by atoms with Crippen molar-refractivity contribution >= 4 is 17.6 Å². The van der Waals surface area contributed by atoms with Crippen LogP contribution in [0.15, 0.2) is 48.5 Å². The van der Waals surface area contributed by atoms with Crippen LogP contribution in [0.1, 0.15) is 36.7 Å². The van der Waals surface area contributed by atoms with Crippen molar-refractivity contribution < 1.29 is 19.1 Å². The van der Waals surface area contributed by atoms with Crippen LogP contribution in [-0.4, -0.2) is 38.2 Å². The summed E-state index contributed by atoms with van der Waals surface area (Å²) in [6.07, 6.45) is -0.898. The maximum Gasteiger partial charge on any atom is 0.338 e. The van der Waals surface area contributed by atoms with Gasteiger partial charge in [-0.15, -0.1) is 0 Å². The van der Waals surface area contributed by atoms with Crippen molar-refractivity contribution in [3.05, 3.63) is 59.7 Å². The Hall–Kier alpha value is -3.02. The zero-order valence-electron chi connectivity index (χ0n) is 16.9. The summed E-state index contributed by atoms with van der Waals surface area (Å²) >= 11 is 0. The molecule has 2 rings (SSSR count). The third-order valence-corrected chi connectivity index (χ3v) is 4.53. The van der Waals surface area contributed by atoms with Crippen molar-refractivity contribution in [2.45, 2.75) is 33.4 Å². The molecule has 0 bridgehead atoms. The molecule has 0 saturated heterocycles. The number of benzene rings is 2. The highest BCUT2D eigenvalue weighted by Gasteiger charge is 2.19. The Labute approximate surface area is 166 Å². The van der Waals surface area contributed by atoms with Gasteiger partial charge in [0, 0.05) is 30.9 Å². The molecular formula is C22H28N2O4. The summed E-state index contributed by atoms with van der Waals surface area (Å²) in [5, 5.41) is 2.77. The molecule has 1 atom stereocenters. The Balaban J connectivity index is 1.91. The molecule has 6 heteroatoms. The summed E-state index contributed by atoms with van der Waals surface area (Å²) in [6.45, 7) is 7.80. The summed E-state index contributed by atoms with van der Waals surface area (Å²) in [5.74, 6) is -0.189. The molecule has 2 aromatic rings. The first kappa shape index (κ1) is 21.3. The minimum atomic E-state index is -0.898. The van der Waals surface area contributed by atoms with Crippen molar-refractivity contribution in [3.8, 4) is 5.75 Å². The third kappa shape index (κ3) is 5.49. The van der Waals surface area contributed by atoms with Crippen LogP contribution in [0, 0.1) is 0 Å². The first-order valence-electron chi connectivity index (χ1n) is 9.45. The maximum absolute atomic E-state index is 12.3. The number of hydrogen-bond acceptors (Lipinski definition) is 5. The summed E-state index contributed by atoms with van der Waals surface area (Å²) in [4.78, 5) is 26.8. The average Bonchev–Trinajstić information content (AvgIpc) is 2.73. The third-order valence-electron chi connectivity index (χ3n) is 4.53. The number of hydrogen-bond donors (Lipinski definition) is 1. The van der Waals surface area contributed by atoms with Gasteiger partial charge < -0.3 is 19.7 Å². The number of methoxy groups -OCH3 is 1. The molecule has 0 aromatic heterocycles. The monoisotopic (exact) mass is 384 g/mol. The number of carbonyl (C=O) groups is 2. The number of rotatable bonds is 9. The molecule has 0 aliphatic heterocycles. The fourth-order valence-electron chi connectivity index (χ4n) is 2.85. The van der Waals surface area contributed by atoms with Gasteiger partial charge in [-0.3, -0.25) is 4.79 Å². The molecule has 0 spiro atoms. The summed E-state index contributed by atoms with van der Waals surface area (Å²) in [7, 11) is 1.58. The van der Waals surface area contributed by atoms with Crippen LogP contribution in [0.4, 0.5) is 5.69 Å². The lowest BCUT2D eigenvalue weighted by Crippen LogP contribution is -2.35. The Bertz CT molecular complexity index is 785. The molecule has 2 aromatic carbocycles. The van der Waals surface area contributed by atoms with Crippen molar-refractivity contribution in [3.63, 3.8) is 0 Å². The van der Waals surface area contributed by atoms with Gasteiger partial charge in [0.2, 0.25) is 0 Å². The van der Waals surface area contributed by atoms with Crippen molar-refractivity contribution in [1.29, 1.82) is 0 Å². The lowest BCUT2D eigenvalue weighted by molar-refractivity contribution is -0.129. The van der Waals surface area contributed by atoms with E-state index in [1.165, 1.54) is 0 Å².